The van der Waals surface area contributed by atoms with Gasteiger partial charge in [-0.1, -0.05) is 42.0 Å². The van der Waals surface area contributed by atoms with E-state index in [1.165, 1.54) is 20.9 Å². The first-order valence-corrected chi connectivity index (χ1v) is 10.3. The molecule has 1 aliphatic heterocycles. The Labute approximate surface area is 172 Å². The minimum atomic E-state index is -0.629. The van der Waals surface area contributed by atoms with Crippen LogP contribution in [0, 0.1) is 13.8 Å². The summed E-state index contributed by atoms with van der Waals surface area (Å²) >= 11 is 0. The highest BCUT2D eigenvalue weighted by atomic mass is 16.2. The van der Waals surface area contributed by atoms with Gasteiger partial charge in [0.25, 0.3) is 0 Å². The van der Waals surface area contributed by atoms with Crippen LogP contribution in [-0.2, 0) is 9.59 Å². The molecule has 0 saturated carbocycles. The second kappa shape index (κ2) is 9.67. The number of quaternary nitrogens is 2. The van der Waals surface area contributed by atoms with Gasteiger partial charge < -0.3 is 20.4 Å². The molecule has 1 atom stereocenters. The molecule has 4 N–H and O–H groups in total. The van der Waals surface area contributed by atoms with Gasteiger partial charge in [0.05, 0.1) is 13.6 Å². The molecule has 1 aliphatic rings. The van der Waals surface area contributed by atoms with E-state index in [4.69, 9.17) is 0 Å². The van der Waals surface area contributed by atoms with Gasteiger partial charge in [-0.25, -0.2) is 0 Å². The van der Waals surface area contributed by atoms with Gasteiger partial charge in [-0.3, -0.25) is 9.59 Å². The first-order valence-electron chi connectivity index (χ1n) is 10.3. The van der Waals surface area contributed by atoms with Crippen molar-refractivity contribution in [2.24, 2.45) is 0 Å². The minimum absolute atomic E-state index is 0.138. The summed E-state index contributed by atoms with van der Waals surface area (Å²) in [5.41, 5.74) is 4.08. The quantitative estimate of drug-likeness (QED) is 0.516. The smallest absolute Gasteiger partial charge is 0.313 e. The number of hydrogen-bond acceptors (Lipinski definition) is 2. The van der Waals surface area contributed by atoms with Gasteiger partial charge in [0, 0.05) is 11.3 Å². The van der Waals surface area contributed by atoms with Crippen molar-refractivity contribution in [3.63, 3.8) is 0 Å². The summed E-state index contributed by atoms with van der Waals surface area (Å²) in [6.45, 7) is 8.78. The van der Waals surface area contributed by atoms with Crippen molar-refractivity contribution in [3.8, 4) is 0 Å². The molecule has 1 heterocycles. The minimum Gasteiger partial charge on any atom is -0.341 e. The zero-order valence-electron chi connectivity index (χ0n) is 17.5. The zero-order valence-corrected chi connectivity index (χ0v) is 17.5. The molecule has 3 rings (SSSR count). The Balaban J connectivity index is 1.64. The number of nitrogens with one attached hydrogen (secondary N) is 4. The van der Waals surface area contributed by atoms with E-state index >= 15 is 0 Å². The highest BCUT2D eigenvalue weighted by molar-refractivity contribution is 6.39. The largest absolute Gasteiger partial charge is 0.341 e. The highest BCUT2D eigenvalue weighted by Gasteiger charge is 2.30. The molecule has 1 fully saturated rings. The van der Waals surface area contributed by atoms with Crippen LogP contribution in [0.2, 0.25) is 0 Å². The van der Waals surface area contributed by atoms with Crippen LogP contribution in [0.1, 0.15) is 22.7 Å². The van der Waals surface area contributed by atoms with E-state index in [1.54, 1.807) is 6.07 Å². The van der Waals surface area contributed by atoms with Gasteiger partial charge in [0.15, 0.2) is 0 Å². The third-order valence-electron chi connectivity index (χ3n) is 5.67. The molecule has 154 valence electrons. The van der Waals surface area contributed by atoms with Crippen molar-refractivity contribution in [2.45, 2.75) is 19.9 Å². The summed E-state index contributed by atoms with van der Waals surface area (Å²) < 4.78 is 0. The summed E-state index contributed by atoms with van der Waals surface area (Å²) in [4.78, 5) is 27.7. The maximum absolute atomic E-state index is 12.4. The molecule has 2 aromatic rings. The molecule has 0 aliphatic carbocycles. The fourth-order valence-electron chi connectivity index (χ4n) is 3.83. The van der Waals surface area contributed by atoms with Crippen LogP contribution < -0.4 is 20.4 Å². The van der Waals surface area contributed by atoms with Crippen LogP contribution in [0.25, 0.3) is 0 Å². The van der Waals surface area contributed by atoms with Crippen molar-refractivity contribution in [2.75, 3.05) is 45.1 Å². The van der Waals surface area contributed by atoms with E-state index in [2.05, 4.69) is 48.9 Å². The molecular weight excluding hydrogens is 364 g/mol. The van der Waals surface area contributed by atoms with Crippen LogP contribution in [0.15, 0.2) is 48.5 Å². The Hall–Kier alpha value is -2.70. The fraction of sp³-hybridized carbons (Fsp3) is 0.391. The second-order valence-electron chi connectivity index (χ2n) is 8.11. The van der Waals surface area contributed by atoms with E-state index in [1.807, 2.05) is 25.1 Å². The lowest BCUT2D eigenvalue weighted by molar-refractivity contribution is -1.02. The molecule has 0 spiro atoms. The number of benzene rings is 2. The molecule has 2 aromatic carbocycles. The van der Waals surface area contributed by atoms with E-state index in [0.717, 1.165) is 31.7 Å². The van der Waals surface area contributed by atoms with Crippen molar-refractivity contribution < 1.29 is 19.4 Å². The SMILES string of the molecule is Cc1ccc([C@H](CNC(=O)C(=O)Nc2cccc(C)c2)[NH+]2CC[NH+](C)CC2)cc1. The number of aryl methyl sites for hydroxylation is 2. The summed E-state index contributed by atoms with van der Waals surface area (Å²) in [6.07, 6.45) is 0. The van der Waals surface area contributed by atoms with E-state index in [9.17, 15) is 9.59 Å². The Morgan fingerprint density at radius 2 is 1.62 bits per heavy atom. The Bertz CT molecular complexity index is 842. The summed E-state index contributed by atoms with van der Waals surface area (Å²) in [5.74, 6) is -1.22. The number of carbonyl (C=O) groups is 2. The number of amides is 2. The number of carbonyl (C=O) groups excluding carboxylic acids is 2. The van der Waals surface area contributed by atoms with Crippen molar-refractivity contribution in [3.05, 3.63) is 65.2 Å². The number of rotatable bonds is 5. The predicted octanol–water partition coefficient (Wildman–Crippen LogP) is -0.487. The molecule has 2 amide bonds. The lowest BCUT2D eigenvalue weighted by atomic mass is 10.0. The number of anilines is 1. The zero-order chi connectivity index (χ0) is 20.8. The van der Waals surface area contributed by atoms with E-state index in [0.29, 0.717) is 12.2 Å². The molecular formula is C23H32N4O2+2. The van der Waals surface area contributed by atoms with Crippen LogP contribution >= 0.6 is 0 Å². The van der Waals surface area contributed by atoms with Gasteiger partial charge in [0.2, 0.25) is 0 Å². The lowest BCUT2D eigenvalue weighted by Gasteiger charge is -2.33. The molecule has 0 radical (unpaired) electrons. The monoisotopic (exact) mass is 396 g/mol. The number of piperazine rings is 1. The van der Waals surface area contributed by atoms with Gasteiger partial charge in [-0.2, -0.15) is 0 Å². The van der Waals surface area contributed by atoms with Crippen LogP contribution in [0.4, 0.5) is 5.69 Å². The third kappa shape index (κ3) is 5.89. The lowest BCUT2D eigenvalue weighted by Crippen LogP contribution is -3.27. The van der Waals surface area contributed by atoms with Crippen molar-refractivity contribution in [1.82, 2.24) is 5.32 Å². The fourth-order valence-corrected chi connectivity index (χ4v) is 3.83. The van der Waals surface area contributed by atoms with Crippen molar-refractivity contribution in [1.29, 1.82) is 0 Å². The molecule has 29 heavy (non-hydrogen) atoms. The van der Waals surface area contributed by atoms with Gasteiger partial charge >= 0.3 is 11.8 Å². The normalized spacial score (nSPS) is 20.0. The molecule has 0 aromatic heterocycles. The number of hydrogen-bond donors (Lipinski definition) is 4. The molecule has 6 heteroatoms. The summed E-state index contributed by atoms with van der Waals surface area (Å²) in [5, 5.41) is 5.54. The molecule has 1 saturated heterocycles. The van der Waals surface area contributed by atoms with E-state index < -0.39 is 11.8 Å². The van der Waals surface area contributed by atoms with E-state index in [-0.39, 0.29) is 6.04 Å². The number of likely N-dealkylation sites (N-methyl/N-ethyl adjacent to an activating group) is 1. The maximum atomic E-state index is 12.4. The Morgan fingerprint density at radius 3 is 2.28 bits per heavy atom. The Morgan fingerprint density at radius 1 is 0.931 bits per heavy atom. The first-order chi connectivity index (χ1) is 13.9. The molecule has 6 nitrogen and oxygen atoms in total. The van der Waals surface area contributed by atoms with Crippen LogP contribution in [0.3, 0.4) is 0 Å². The Kier molecular flexibility index (Phi) is 7.01. The van der Waals surface area contributed by atoms with Crippen molar-refractivity contribution >= 4 is 17.5 Å². The predicted molar refractivity (Wildman–Crippen MR) is 114 cm³/mol. The van der Waals surface area contributed by atoms with Gasteiger partial charge in [-0.05, 0) is 31.5 Å². The highest BCUT2D eigenvalue weighted by Crippen LogP contribution is 2.11. The van der Waals surface area contributed by atoms with Crippen LogP contribution in [-0.4, -0.2) is 51.6 Å². The molecule has 0 bridgehead atoms. The van der Waals surface area contributed by atoms with Gasteiger partial charge in [0.1, 0.15) is 32.2 Å². The average molecular weight is 397 g/mol. The topological polar surface area (TPSA) is 67.1 Å². The summed E-state index contributed by atoms with van der Waals surface area (Å²) in [6, 6.07) is 16.1. The van der Waals surface area contributed by atoms with Crippen LogP contribution in [0.5, 0.6) is 0 Å². The maximum Gasteiger partial charge on any atom is 0.313 e. The van der Waals surface area contributed by atoms with Gasteiger partial charge in [-0.15, -0.1) is 0 Å². The third-order valence-corrected chi connectivity index (χ3v) is 5.67. The first kappa shape index (κ1) is 21.0. The standard InChI is InChI=1S/C23H30N4O2/c1-17-7-9-19(10-8-17)21(27-13-11-26(3)12-14-27)16-24-22(28)23(29)25-20-6-4-5-18(2)15-20/h4-10,15,21H,11-14,16H2,1-3H3,(H,24,28)(H,25,29)/p+2/t21-/m0/s1. The summed E-state index contributed by atoms with van der Waals surface area (Å²) in [7, 11) is 2.22. The average Bonchev–Trinajstić information content (AvgIpc) is 2.70. The molecule has 0 unspecified atom stereocenters. The second-order valence-corrected chi connectivity index (χ2v) is 8.11.